The van der Waals surface area contributed by atoms with Crippen molar-refractivity contribution in [2.75, 3.05) is 20.1 Å². The van der Waals surface area contributed by atoms with Gasteiger partial charge >= 0.3 is 0 Å². The van der Waals surface area contributed by atoms with Gasteiger partial charge < -0.3 is 5.32 Å². The van der Waals surface area contributed by atoms with Crippen molar-refractivity contribution in [1.82, 2.24) is 10.2 Å². The summed E-state index contributed by atoms with van der Waals surface area (Å²) in [5, 5.41) is 3.48. The molecule has 2 nitrogen and oxygen atoms in total. The third kappa shape index (κ3) is 1.59. The van der Waals surface area contributed by atoms with Crippen molar-refractivity contribution in [3.05, 3.63) is 0 Å². The lowest BCUT2D eigenvalue weighted by Gasteiger charge is -2.43. The van der Waals surface area contributed by atoms with Gasteiger partial charge in [0.05, 0.1) is 0 Å². The largest absolute Gasteiger partial charge is 0.315 e. The predicted molar refractivity (Wildman–Crippen MR) is 60.5 cm³/mol. The Kier molecular flexibility index (Phi) is 3.13. The van der Waals surface area contributed by atoms with Crippen molar-refractivity contribution in [2.45, 2.75) is 57.0 Å². The van der Waals surface area contributed by atoms with Crippen LogP contribution >= 0.6 is 0 Å². The summed E-state index contributed by atoms with van der Waals surface area (Å²) in [7, 11) is 2.11. The van der Waals surface area contributed by atoms with E-state index in [0.29, 0.717) is 11.6 Å². The molecule has 0 bridgehead atoms. The summed E-state index contributed by atoms with van der Waals surface area (Å²) >= 11 is 0. The molecule has 82 valence electrons. The van der Waals surface area contributed by atoms with Gasteiger partial charge in [-0.1, -0.05) is 12.8 Å². The Morgan fingerprint density at radius 1 is 1.07 bits per heavy atom. The van der Waals surface area contributed by atoms with Crippen LogP contribution in [0.1, 0.15) is 45.4 Å². The van der Waals surface area contributed by atoms with E-state index in [4.69, 9.17) is 0 Å². The number of hydrogen-bond donors (Lipinski definition) is 1. The van der Waals surface area contributed by atoms with Crippen LogP contribution < -0.4 is 5.32 Å². The fraction of sp³-hybridized carbons (Fsp3) is 1.00. The highest BCUT2D eigenvalue weighted by Crippen LogP contribution is 2.39. The Bertz CT molecular complexity index is 179. The summed E-state index contributed by atoms with van der Waals surface area (Å²) < 4.78 is 0. The minimum atomic E-state index is 0.505. The van der Waals surface area contributed by atoms with Crippen LogP contribution in [0.25, 0.3) is 0 Å². The quantitative estimate of drug-likeness (QED) is 0.743. The third-order valence-corrected chi connectivity index (χ3v) is 4.44. The van der Waals surface area contributed by atoms with Gasteiger partial charge in [0, 0.05) is 11.6 Å². The fourth-order valence-corrected chi connectivity index (χ4v) is 3.44. The van der Waals surface area contributed by atoms with E-state index >= 15 is 0 Å². The number of rotatable bonds is 3. The highest BCUT2D eigenvalue weighted by atomic mass is 15.2. The number of likely N-dealkylation sites (tertiary alicyclic amines) is 1. The minimum absolute atomic E-state index is 0.505. The molecule has 1 atom stereocenters. The lowest BCUT2D eigenvalue weighted by atomic mass is 9.87. The second-order valence-electron chi connectivity index (χ2n) is 5.02. The van der Waals surface area contributed by atoms with E-state index in [1.54, 1.807) is 0 Å². The zero-order chi connectivity index (χ0) is 10.0. The van der Waals surface area contributed by atoms with Crippen molar-refractivity contribution in [2.24, 2.45) is 0 Å². The molecule has 1 aliphatic carbocycles. The Labute approximate surface area is 88.1 Å². The molecule has 1 N–H and O–H groups in total. The molecule has 14 heavy (non-hydrogen) atoms. The Balaban J connectivity index is 2.11. The van der Waals surface area contributed by atoms with Crippen LogP contribution in [0.4, 0.5) is 0 Å². The van der Waals surface area contributed by atoms with Gasteiger partial charge in [0.2, 0.25) is 0 Å². The lowest BCUT2D eigenvalue weighted by molar-refractivity contribution is 0.0869. The summed E-state index contributed by atoms with van der Waals surface area (Å²) in [6.45, 7) is 5.04. The molecule has 1 heterocycles. The maximum atomic E-state index is 3.48. The normalized spacial score (nSPS) is 29.6. The molecule has 2 rings (SSSR count). The standard InChI is InChI=1S/C12H24N2/c1-11(13-2)12(7-3-4-8-12)14-9-5-6-10-14/h11,13H,3-10H2,1-2H3. The molecule has 1 aliphatic heterocycles. The molecule has 1 saturated heterocycles. The summed E-state index contributed by atoms with van der Waals surface area (Å²) in [5.41, 5.74) is 0.505. The predicted octanol–water partition coefficient (Wildman–Crippen LogP) is 2.00. The first kappa shape index (κ1) is 10.4. The Morgan fingerprint density at radius 2 is 1.64 bits per heavy atom. The summed E-state index contributed by atoms with van der Waals surface area (Å²) in [5.74, 6) is 0. The van der Waals surface area contributed by atoms with Gasteiger partial charge in [-0.3, -0.25) is 4.90 Å². The van der Waals surface area contributed by atoms with E-state index in [0.717, 1.165) is 0 Å². The van der Waals surface area contributed by atoms with Crippen molar-refractivity contribution < 1.29 is 0 Å². The molecule has 2 fully saturated rings. The van der Waals surface area contributed by atoms with Crippen molar-refractivity contribution >= 4 is 0 Å². The average molecular weight is 196 g/mol. The molecule has 2 heteroatoms. The molecule has 0 aromatic heterocycles. The highest BCUT2D eigenvalue weighted by Gasteiger charge is 2.43. The smallest absolute Gasteiger partial charge is 0.0359 e. The zero-order valence-electron chi connectivity index (χ0n) is 9.68. The fourth-order valence-electron chi connectivity index (χ4n) is 3.44. The van der Waals surface area contributed by atoms with Crippen molar-refractivity contribution in [3.63, 3.8) is 0 Å². The molecule has 2 aliphatic rings. The Hall–Kier alpha value is -0.0800. The zero-order valence-corrected chi connectivity index (χ0v) is 9.68. The maximum absolute atomic E-state index is 3.48. The van der Waals surface area contributed by atoms with Gasteiger partial charge in [-0.15, -0.1) is 0 Å². The van der Waals surface area contributed by atoms with Gasteiger partial charge in [0.15, 0.2) is 0 Å². The first-order chi connectivity index (χ1) is 6.79. The summed E-state index contributed by atoms with van der Waals surface area (Å²) in [4.78, 5) is 2.77. The van der Waals surface area contributed by atoms with Crippen LogP contribution in [-0.4, -0.2) is 36.6 Å². The first-order valence-corrected chi connectivity index (χ1v) is 6.22. The molecule has 1 saturated carbocycles. The molecule has 0 spiro atoms. The monoisotopic (exact) mass is 196 g/mol. The molecule has 0 aromatic rings. The van der Waals surface area contributed by atoms with E-state index in [1.165, 1.54) is 51.6 Å². The van der Waals surface area contributed by atoms with Gasteiger partial charge in [0.25, 0.3) is 0 Å². The maximum Gasteiger partial charge on any atom is 0.0359 e. The van der Waals surface area contributed by atoms with E-state index in [1.807, 2.05) is 0 Å². The van der Waals surface area contributed by atoms with Gasteiger partial charge in [-0.25, -0.2) is 0 Å². The first-order valence-electron chi connectivity index (χ1n) is 6.22. The number of nitrogens with zero attached hydrogens (tertiary/aromatic N) is 1. The second kappa shape index (κ2) is 4.19. The van der Waals surface area contributed by atoms with Crippen LogP contribution in [0.3, 0.4) is 0 Å². The van der Waals surface area contributed by atoms with Crippen molar-refractivity contribution in [1.29, 1.82) is 0 Å². The number of likely N-dealkylation sites (N-methyl/N-ethyl adjacent to an activating group) is 1. The SMILES string of the molecule is CNC(C)C1(N2CCCC2)CCCC1. The molecule has 1 unspecified atom stereocenters. The summed E-state index contributed by atoms with van der Waals surface area (Å²) in [6.07, 6.45) is 8.52. The second-order valence-corrected chi connectivity index (χ2v) is 5.02. The lowest BCUT2D eigenvalue weighted by Crippen LogP contribution is -2.57. The number of nitrogens with one attached hydrogen (secondary N) is 1. The van der Waals surface area contributed by atoms with Crippen LogP contribution in [0.15, 0.2) is 0 Å². The van der Waals surface area contributed by atoms with Crippen LogP contribution in [0.5, 0.6) is 0 Å². The van der Waals surface area contributed by atoms with E-state index in [2.05, 4.69) is 24.2 Å². The highest BCUT2D eigenvalue weighted by molar-refractivity contribution is 5.02. The van der Waals surface area contributed by atoms with E-state index in [-0.39, 0.29) is 0 Å². The topological polar surface area (TPSA) is 15.3 Å². The van der Waals surface area contributed by atoms with Crippen LogP contribution in [0.2, 0.25) is 0 Å². The van der Waals surface area contributed by atoms with E-state index in [9.17, 15) is 0 Å². The van der Waals surface area contributed by atoms with Gasteiger partial charge in [0.1, 0.15) is 0 Å². The van der Waals surface area contributed by atoms with Gasteiger partial charge in [-0.05, 0) is 52.7 Å². The number of hydrogen-bond acceptors (Lipinski definition) is 2. The molecule has 0 radical (unpaired) electrons. The van der Waals surface area contributed by atoms with Crippen LogP contribution in [0, 0.1) is 0 Å². The van der Waals surface area contributed by atoms with Crippen LogP contribution in [-0.2, 0) is 0 Å². The van der Waals surface area contributed by atoms with Crippen molar-refractivity contribution in [3.8, 4) is 0 Å². The van der Waals surface area contributed by atoms with Gasteiger partial charge in [-0.2, -0.15) is 0 Å². The summed E-state index contributed by atoms with van der Waals surface area (Å²) in [6, 6.07) is 0.656. The van der Waals surface area contributed by atoms with E-state index < -0.39 is 0 Å². The Morgan fingerprint density at radius 3 is 2.14 bits per heavy atom. The molecular formula is C12H24N2. The third-order valence-electron chi connectivity index (χ3n) is 4.44. The minimum Gasteiger partial charge on any atom is -0.315 e. The molecule has 0 amide bonds. The molecular weight excluding hydrogens is 172 g/mol. The average Bonchev–Trinajstić information content (AvgIpc) is 2.86. The molecule has 0 aromatic carbocycles.